The predicted octanol–water partition coefficient (Wildman–Crippen LogP) is 4.16. The molecule has 11 heteroatoms. The van der Waals surface area contributed by atoms with Gasteiger partial charge in [0.25, 0.3) is 17.5 Å². The molecule has 0 spiro atoms. The Balaban J connectivity index is 1.61. The number of benzene rings is 3. The number of fused-ring (bicyclic) bond motifs is 1. The Kier molecular flexibility index (Phi) is 5.65. The highest BCUT2D eigenvalue weighted by atomic mass is 35.5. The maximum Gasteiger partial charge on any atom is 0.270 e. The van der Waals surface area contributed by atoms with Crippen LogP contribution in [0.15, 0.2) is 66.7 Å². The molecule has 0 fully saturated rings. The molecule has 3 aromatic carbocycles. The van der Waals surface area contributed by atoms with Gasteiger partial charge in [0.1, 0.15) is 5.82 Å². The Hall–Kier alpha value is -4.70. The summed E-state index contributed by atoms with van der Waals surface area (Å²) in [5.74, 6) is -0.940. The fraction of sp³-hybridized carbons (Fsp3) is 0.0800. The lowest BCUT2D eigenvalue weighted by Crippen LogP contribution is -2.30. The van der Waals surface area contributed by atoms with Crippen LogP contribution in [-0.4, -0.2) is 42.2 Å². The van der Waals surface area contributed by atoms with Crippen molar-refractivity contribution in [2.24, 2.45) is 0 Å². The normalized spacial score (nSPS) is 12.7. The van der Waals surface area contributed by atoms with Crippen molar-refractivity contribution in [2.75, 3.05) is 0 Å². The van der Waals surface area contributed by atoms with Gasteiger partial charge in [0.05, 0.1) is 38.9 Å². The number of hydrogen-bond donors (Lipinski definition) is 0. The molecular formula is C25H16ClN5O5. The molecule has 0 saturated heterocycles. The van der Waals surface area contributed by atoms with Crippen LogP contribution in [0.25, 0.3) is 5.69 Å². The number of nitro benzene ring substituents is 1. The molecule has 1 aliphatic rings. The van der Waals surface area contributed by atoms with Gasteiger partial charge in [0.2, 0.25) is 0 Å². The minimum atomic E-state index is -0.605. The first kappa shape index (κ1) is 23.1. The molecule has 2 amide bonds. The lowest BCUT2D eigenvalue weighted by molar-refractivity contribution is -0.384. The monoisotopic (exact) mass is 501 g/mol. The Morgan fingerprint density at radius 1 is 0.944 bits per heavy atom. The number of ketones is 1. The molecule has 0 saturated carbocycles. The fourth-order valence-corrected chi connectivity index (χ4v) is 4.37. The number of aryl methyl sites for hydroxylation is 1. The molecule has 0 aliphatic carbocycles. The Morgan fingerprint density at radius 2 is 1.58 bits per heavy atom. The van der Waals surface area contributed by atoms with Gasteiger partial charge in [0, 0.05) is 17.7 Å². The van der Waals surface area contributed by atoms with Crippen molar-refractivity contribution in [1.82, 2.24) is 19.7 Å². The molecule has 178 valence electrons. The molecule has 0 radical (unpaired) electrons. The Labute approximate surface area is 208 Å². The minimum absolute atomic E-state index is 0.0104. The number of non-ortho nitro benzene ring substituents is 1. The average molecular weight is 502 g/mol. The summed E-state index contributed by atoms with van der Waals surface area (Å²) in [4.78, 5) is 51.2. The van der Waals surface area contributed by atoms with Gasteiger partial charge < -0.3 is 0 Å². The second kappa shape index (κ2) is 8.82. The van der Waals surface area contributed by atoms with E-state index in [4.69, 9.17) is 11.6 Å². The summed E-state index contributed by atoms with van der Waals surface area (Å²) in [5.41, 5.74) is 0.684. The molecular weight excluding hydrogens is 486 g/mol. The maximum absolute atomic E-state index is 13.5. The number of aromatic nitrogens is 3. The zero-order valence-electron chi connectivity index (χ0n) is 18.7. The van der Waals surface area contributed by atoms with E-state index < -0.39 is 22.5 Å². The van der Waals surface area contributed by atoms with Crippen molar-refractivity contribution < 1.29 is 19.3 Å². The van der Waals surface area contributed by atoms with Crippen LogP contribution >= 0.6 is 11.6 Å². The summed E-state index contributed by atoms with van der Waals surface area (Å²) in [5, 5.41) is 19.9. The zero-order chi connectivity index (χ0) is 25.6. The molecule has 4 aromatic rings. The number of hydrogen-bond acceptors (Lipinski definition) is 7. The van der Waals surface area contributed by atoms with Crippen molar-refractivity contribution in [3.63, 3.8) is 0 Å². The number of carbonyl (C=O) groups excluding carboxylic acids is 3. The van der Waals surface area contributed by atoms with Crippen LogP contribution in [0.3, 0.4) is 0 Å². The highest BCUT2D eigenvalue weighted by Gasteiger charge is 2.36. The molecule has 5 rings (SSSR count). The first-order chi connectivity index (χ1) is 17.3. The van der Waals surface area contributed by atoms with Gasteiger partial charge >= 0.3 is 0 Å². The summed E-state index contributed by atoms with van der Waals surface area (Å²) in [6.07, 6.45) is 0. The van der Waals surface area contributed by atoms with Crippen LogP contribution in [0.4, 0.5) is 5.69 Å². The molecule has 1 aromatic heterocycles. The Morgan fingerprint density at radius 3 is 2.22 bits per heavy atom. The number of nitro groups is 1. The molecule has 0 unspecified atom stereocenters. The Bertz CT molecular complexity index is 1560. The standard InChI is InChI=1S/C25H16ClN5O5/c1-14-27-28-22(13-29-24(33)16-6-2-3-7-17(16)25(29)34)30(14)21-11-10-15(31(35)36)12-19(21)23(32)18-8-4-5-9-20(18)26/h2-12H,13H2,1H3. The van der Waals surface area contributed by atoms with Gasteiger partial charge in [-0.2, -0.15) is 0 Å². The third-order valence-corrected chi connectivity index (χ3v) is 6.19. The summed E-state index contributed by atoms with van der Waals surface area (Å²) in [6.45, 7) is 1.41. The highest BCUT2D eigenvalue weighted by Crippen LogP contribution is 2.29. The smallest absolute Gasteiger partial charge is 0.270 e. The average Bonchev–Trinajstić information content (AvgIpc) is 3.36. The number of nitrogens with zero attached hydrogens (tertiary/aromatic N) is 5. The van der Waals surface area contributed by atoms with Gasteiger partial charge in [0.15, 0.2) is 11.6 Å². The van der Waals surface area contributed by atoms with E-state index in [2.05, 4.69) is 10.2 Å². The molecule has 0 atom stereocenters. The molecule has 36 heavy (non-hydrogen) atoms. The number of imide groups is 1. The summed E-state index contributed by atoms with van der Waals surface area (Å²) >= 11 is 6.23. The molecule has 1 aliphatic heterocycles. The van der Waals surface area contributed by atoms with Crippen LogP contribution in [0.5, 0.6) is 0 Å². The van der Waals surface area contributed by atoms with E-state index >= 15 is 0 Å². The fourth-order valence-electron chi connectivity index (χ4n) is 4.15. The van der Waals surface area contributed by atoms with Crippen molar-refractivity contribution in [2.45, 2.75) is 13.5 Å². The zero-order valence-corrected chi connectivity index (χ0v) is 19.5. The predicted molar refractivity (Wildman–Crippen MR) is 128 cm³/mol. The van der Waals surface area contributed by atoms with Gasteiger partial charge in [-0.15, -0.1) is 10.2 Å². The van der Waals surface area contributed by atoms with Gasteiger partial charge in [-0.05, 0) is 37.3 Å². The summed E-state index contributed by atoms with van der Waals surface area (Å²) < 4.78 is 1.50. The quantitative estimate of drug-likeness (QED) is 0.168. The molecule has 10 nitrogen and oxygen atoms in total. The second-order valence-electron chi connectivity index (χ2n) is 8.01. The van der Waals surface area contributed by atoms with Crippen LogP contribution < -0.4 is 0 Å². The number of amides is 2. The van der Waals surface area contributed by atoms with E-state index in [0.717, 1.165) is 11.0 Å². The largest absolute Gasteiger partial charge is 0.288 e. The van der Waals surface area contributed by atoms with E-state index in [1.165, 1.54) is 22.8 Å². The molecule has 2 heterocycles. The van der Waals surface area contributed by atoms with E-state index in [1.54, 1.807) is 49.4 Å². The van der Waals surface area contributed by atoms with Crippen LogP contribution in [0.2, 0.25) is 5.02 Å². The third-order valence-electron chi connectivity index (χ3n) is 5.86. The van der Waals surface area contributed by atoms with Gasteiger partial charge in [-0.25, -0.2) is 0 Å². The van der Waals surface area contributed by atoms with Crippen molar-refractivity contribution in [1.29, 1.82) is 0 Å². The first-order valence-corrected chi connectivity index (χ1v) is 11.1. The highest BCUT2D eigenvalue weighted by molar-refractivity contribution is 6.35. The number of rotatable bonds is 6. The van der Waals surface area contributed by atoms with E-state index in [0.29, 0.717) is 5.82 Å². The SMILES string of the molecule is Cc1nnc(CN2C(=O)c3ccccc3C2=O)n1-c1ccc([N+](=O)[O-])cc1C(=O)c1ccccc1Cl. The van der Waals surface area contributed by atoms with Crippen molar-refractivity contribution in [3.8, 4) is 5.69 Å². The number of halogens is 1. The summed E-state index contributed by atoms with van der Waals surface area (Å²) in [7, 11) is 0. The third kappa shape index (κ3) is 3.73. The topological polar surface area (TPSA) is 128 Å². The lowest BCUT2D eigenvalue weighted by Gasteiger charge is -2.17. The van der Waals surface area contributed by atoms with E-state index in [-0.39, 0.29) is 51.0 Å². The maximum atomic E-state index is 13.5. The van der Waals surface area contributed by atoms with E-state index in [1.807, 2.05) is 0 Å². The first-order valence-electron chi connectivity index (χ1n) is 10.7. The molecule has 0 N–H and O–H groups in total. The van der Waals surface area contributed by atoms with Crippen molar-refractivity contribution >= 4 is 34.9 Å². The van der Waals surface area contributed by atoms with Crippen LogP contribution in [-0.2, 0) is 6.54 Å². The van der Waals surface area contributed by atoms with Gasteiger partial charge in [-0.3, -0.25) is 34.0 Å². The second-order valence-corrected chi connectivity index (χ2v) is 8.42. The molecule has 0 bridgehead atoms. The number of carbonyl (C=O) groups is 3. The van der Waals surface area contributed by atoms with Gasteiger partial charge in [-0.1, -0.05) is 35.9 Å². The van der Waals surface area contributed by atoms with Crippen molar-refractivity contribution in [3.05, 3.63) is 116 Å². The lowest BCUT2D eigenvalue weighted by atomic mass is 10.0. The minimum Gasteiger partial charge on any atom is -0.288 e. The van der Waals surface area contributed by atoms with Crippen LogP contribution in [0, 0.1) is 17.0 Å². The summed E-state index contributed by atoms with van der Waals surface area (Å²) in [6, 6.07) is 16.7. The van der Waals surface area contributed by atoms with E-state index in [9.17, 15) is 24.5 Å². The van der Waals surface area contributed by atoms with Crippen LogP contribution in [0.1, 0.15) is 48.3 Å².